The number of benzene rings is 1. The third kappa shape index (κ3) is 4.02. The Labute approximate surface area is 194 Å². The number of halogens is 2. The molecule has 2 aromatic heterocycles. The summed E-state index contributed by atoms with van der Waals surface area (Å²) in [4.78, 5) is 21.9. The molecule has 5 atom stereocenters. The number of rotatable bonds is 4. The van der Waals surface area contributed by atoms with Crippen LogP contribution in [0.25, 0.3) is 11.0 Å². The lowest BCUT2D eigenvalue weighted by molar-refractivity contribution is -0.0264. The SMILES string of the molecule is CN(C)C(=O)Nc1ncnc2c1ccn2[C@@H]1C[C@H]([C@H](O)c2ccc(Cl)c(Cl)c2)[C@@H](O)[C@H]1O. The molecule has 0 saturated heterocycles. The van der Waals surface area contributed by atoms with Crippen molar-refractivity contribution in [3.05, 3.63) is 52.4 Å². The summed E-state index contributed by atoms with van der Waals surface area (Å²) in [6.45, 7) is 0. The third-order valence-corrected chi connectivity index (χ3v) is 6.62. The molecule has 0 aliphatic heterocycles. The average Bonchev–Trinajstić information content (AvgIpc) is 3.31. The van der Waals surface area contributed by atoms with Gasteiger partial charge in [0.1, 0.15) is 23.9 Å². The van der Waals surface area contributed by atoms with Gasteiger partial charge in [0.25, 0.3) is 0 Å². The molecule has 1 aliphatic carbocycles. The first-order chi connectivity index (χ1) is 15.2. The number of hydrogen-bond donors (Lipinski definition) is 4. The van der Waals surface area contributed by atoms with Gasteiger partial charge in [0.05, 0.1) is 33.7 Å². The van der Waals surface area contributed by atoms with Crippen LogP contribution in [0.3, 0.4) is 0 Å². The fraction of sp³-hybridized carbons (Fsp3) is 0.381. The van der Waals surface area contributed by atoms with Crippen molar-refractivity contribution in [3.8, 4) is 0 Å². The molecule has 32 heavy (non-hydrogen) atoms. The first-order valence-corrected chi connectivity index (χ1v) is 10.7. The largest absolute Gasteiger partial charge is 0.390 e. The maximum Gasteiger partial charge on any atom is 0.322 e. The Morgan fingerprint density at radius 3 is 2.62 bits per heavy atom. The first kappa shape index (κ1) is 22.8. The predicted molar refractivity (Wildman–Crippen MR) is 121 cm³/mol. The fourth-order valence-electron chi connectivity index (χ4n) is 4.13. The molecule has 0 radical (unpaired) electrons. The van der Waals surface area contributed by atoms with Crippen LogP contribution < -0.4 is 5.32 Å². The van der Waals surface area contributed by atoms with Crippen molar-refractivity contribution in [2.24, 2.45) is 5.92 Å². The highest BCUT2D eigenvalue weighted by atomic mass is 35.5. The number of fused-ring (bicyclic) bond motifs is 1. The number of hydrogen-bond acceptors (Lipinski definition) is 6. The van der Waals surface area contributed by atoms with Gasteiger partial charge in [0.15, 0.2) is 0 Å². The van der Waals surface area contributed by atoms with Crippen molar-refractivity contribution < 1.29 is 20.1 Å². The lowest BCUT2D eigenvalue weighted by Crippen LogP contribution is -2.31. The van der Waals surface area contributed by atoms with Crippen LogP contribution in [0.1, 0.15) is 24.1 Å². The molecule has 3 aromatic rings. The number of urea groups is 1. The number of carbonyl (C=O) groups excluding carboxylic acids is 1. The molecule has 0 unspecified atom stereocenters. The Morgan fingerprint density at radius 2 is 1.94 bits per heavy atom. The Kier molecular flexibility index (Phi) is 6.28. The molecule has 2 amide bonds. The van der Waals surface area contributed by atoms with E-state index in [1.807, 2.05) is 0 Å². The standard InChI is InChI=1S/C21H23Cl2N5O4/c1-27(2)21(32)26-19-11-5-6-28(20(11)25-9-24-19)15-8-12(17(30)18(15)31)16(29)10-3-4-13(22)14(23)7-10/h3-7,9,12,15-18,29-31H,8H2,1-2H3,(H,24,25,26,32)/t12-,15-,16-,17-,18+/m1/s1. The summed E-state index contributed by atoms with van der Waals surface area (Å²) in [7, 11) is 3.24. The van der Waals surface area contributed by atoms with E-state index in [-0.39, 0.29) is 12.5 Å². The van der Waals surface area contributed by atoms with E-state index in [9.17, 15) is 20.1 Å². The van der Waals surface area contributed by atoms with Crippen molar-refractivity contribution in [1.82, 2.24) is 19.4 Å². The van der Waals surface area contributed by atoms with Crippen LogP contribution in [-0.2, 0) is 0 Å². The van der Waals surface area contributed by atoms with Gasteiger partial charge in [-0.1, -0.05) is 29.3 Å². The molecule has 1 aromatic carbocycles. The number of anilines is 1. The average molecular weight is 480 g/mol. The van der Waals surface area contributed by atoms with Gasteiger partial charge < -0.3 is 24.8 Å². The highest BCUT2D eigenvalue weighted by molar-refractivity contribution is 6.42. The number of amides is 2. The monoisotopic (exact) mass is 479 g/mol. The van der Waals surface area contributed by atoms with E-state index in [1.54, 1.807) is 49.1 Å². The zero-order valence-electron chi connectivity index (χ0n) is 17.4. The molecule has 1 fully saturated rings. The summed E-state index contributed by atoms with van der Waals surface area (Å²) >= 11 is 12.0. The first-order valence-electron chi connectivity index (χ1n) is 9.98. The maximum absolute atomic E-state index is 12.0. The summed E-state index contributed by atoms with van der Waals surface area (Å²) in [5, 5.41) is 36.4. The predicted octanol–water partition coefficient (Wildman–Crippen LogP) is 2.85. The van der Waals surface area contributed by atoms with E-state index in [1.165, 1.54) is 11.2 Å². The Morgan fingerprint density at radius 1 is 1.19 bits per heavy atom. The molecule has 2 heterocycles. The van der Waals surface area contributed by atoms with Gasteiger partial charge >= 0.3 is 6.03 Å². The van der Waals surface area contributed by atoms with Crippen molar-refractivity contribution in [1.29, 1.82) is 0 Å². The number of nitrogens with zero attached hydrogens (tertiary/aromatic N) is 4. The van der Waals surface area contributed by atoms with Gasteiger partial charge in [-0.2, -0.15) is 0 Å². The van der Waals surface area contributed by atoms with E-state index >= 15 is 0 Å². The molecule has 4 N–H and O–H groups in total. The molecule has 0 bridgehead atoms. The number of aromatic nitrogens is 3. The summed E-state index contributed by atoms with van der Waals surface area (Å²) in [5.74, 6) is -0.299. The Hall–Kier alpha value is -2.43. The summed E-state index contributed by atoms with van der Waals surface area (Å²) < 4.78 is 1.73. The van der Waals surface area contributed by atoms with E-state index in [2.05, 4.69) is 15.3 Å². The van der Waals surface area contributed by atoms with Gasteiger partial charge in [0, 0.05) is 26.2 Å². The van der Waals surface area contributed by atoms with Gasteiger partial charge in [-0.25, -0.2) is 14.8 Å². The topological polar surface area (TPSA) is 124 Å². The third-order valence-electron chi connectivity index (χ3n) is 5.89. The van der Waals surface area contributed by atoms with Crippen LogP contribution in [0.15, 0.2) is 36.8 Å². The van der Waals surface area contributed by atoms with Gasteiger partial charge in [-0.3, -0.25) is 5.32 Å². The number of aliphatic hydroxyl groups is 3. The normalized spacial score (nSPS) is 24.0. The van der Waals surface area contributed by atoms with Gasteiger partial charge in [0.2, 0.25) is 0 Å². The summed E-state index contributed by atoms with van der Waals surface area (Å²) in [6, 6.07) is 5.64. The number of nitrogens with one attached hydrogen (secondary N) is 1. The molecule has 0 spiro atoms. The van der Waals surface area contributed by atoms with Crippen LogP contribution in [0.2, 0.25) is 10.0 Å². The molecule has 1 saturated carbocycles. The van der Waals surface area contributed by atoms with Crippen LogP contribution >= 0.6 is 23.2 Å². The second-order valence-electron chi connectivity index (χ2n) is 8.07. The van der Waals surface area contributed by atoms with E-state index in [0.717, 1.165) is 0 Å². The highest BCUT2D eigenvalue weighted by Crippen LogP contribution is 2.44. The zero-order valence-corrected chi connectivity index (χ0v) is 18.9. The number of aliphatic hydroxyl groups excluding tert-OH is 3. The quantitative estimate of drug-likeness (QED) is 0.456. The minimum Gasteiger partial charge on any atom is -0.390 e. The second-order valence-corrected chi connectivity index (χ2v) is 8.89. The van der Waals surface area contributed by atoms with Gasteiger partial charge in [-0.05, 0) is 30.2 Å². The Balaban J connectivity index is 1.63. The van der Waals surface area contributed by atoms with Crippen molar-refractivity contribution >= 4 is 46.1 Å². The minimum absolute atomic E-state index is 0.289. The Bertz CT molecular complexity index is 1150. The van der Waals surface area contributed by atoms with Crippen LogP contribution in [0, 0.1) is 5.92 Å². The smallest absolute Gasteiger partial charge is 0.322 e. The maximum atomic E-state index is 12.0. The molecular weight excluding hydrogens is 457 g/mol. The van der Waals surface area contributed by atoms with Crippen LogP contribution in [-0.4, -0.2) is 67.1 Å². The molecular formula is C21H23Cl2N5O4. The van der Waals surface area contributed by atoms with Crippen molar-refractivity contribution in [2.75, 3.05) is 19.4 Å². The second kappa shape index (κ2) is 8.84. The summed E-state index contributed by atoms with van der Waals surface area (Å²) in [5.41, 5.74) is 1.000. The molecule has 11 heteroatoms. The lowest BCUT2D eigenvalue weighted by Gasteiger charge is -2.22. The fourth-order valence-corrected chi connectivity index (χ4v) is 4.43. The van der Waals surface area contributed by atoms with Gasteiger partial charge in [-0.15, -0.1) is 0 Å². The van der Waals surface area contributed by atoms with Crippen LogP contribution in [0.5, 0.6) is 0 Å². The minimum atomic E-state index is -1.17. The van der Waals surface area contributed by atoms with Crippen molar-refractivity contribution in [3.63, 3.8) is 0 Å². The summed E-state index contributed by atoms with van der Waals surface area (Å²) in [6.07, 6.45) is -0.0229. The van der Waals surface area contributed by atoms with E-state index < -0.39 is 30.3 Å². The molecule has 1 aliphatic rings. The zero-order chi connectivity index (χ0) is 23.2. The van der Waals surface area contributed by atoms with E-state index in [0.29, 0.717) is 32.5 Å². The van der Waals surface area contributed by atoms with Crippen LogP contribution in [0.4, 0.5) is 10.6 Å². The van der Waals surface area contributed by atoms with Crippen molar-refractivity contribution in [2.45, 2.75) is 30.8 Å². The molecule has 170 valence electrons. The molecule has 4 rings (SSSR count). The molecule has 9 nitrogen and oxygen atoms in total. The van der Waals surface area contributed by atoms with E-state index in [4.69, 9.17) is 23.2 Å². The highest BCUT2D eigenvalue weighted by Gasteiger charge is 2.46. The lowest BCUT2D eigenvalue weighted by atomic mass is 9.92. The number of carbonyl (C=O) groups is 1.